The van der Waals surface area contributed by atoms with Gasteiger partial charge in [-0.3, -0.25) is 4.79 Å². The largest absolute Gasteiger partial charge is 0.481 e. The lowest BCUT2D eigenvalue weighted by Gasteiger charge is -2.35. The lowest BCUT2D eigenvalue weighted by atomic mass is 9.76. The van der Waals surface area contributed by atoms with Crippen molar-refractivity contribution >= 4 is 12.0 Å². The van der Waals surface area contributed by atoms with Crippen LogP contribution in [0.15, 0.2) is 0 Å². The average molecular weight is 296 g/mol. The number of likely N-dealkylation sites (tertiary alicyclic amines) is 1. The standard InChI is InChI=1S/C16H28N2O3/c1-16(2)8-5-13(6-9-16)17-15(21)18-10-7-12(11-18)3-4-14(19)20/h12-13H,3-11H2,1-2H3,(H,17,21)(H,19,20). The highest BCUT2D eigenvalue weighted by Crippen LogP contribution is 2.35. The molecule has 2 aliphatic rings. The number of urea groups is 1. The summed E-state index contributed by atoms with van der Waals surface area (Å²) in [6, 6.07) is 0.348. The monoisotopic (exact) mass is 296 g/mol. The zero-order chi connectivity index (χ0) is 15.5. The van der Waals surface area contributed by atoms with Crippen LogP contribution in [0.25, 0.3) is 0 Å². The van der Waals surface area contributed by atoms with E-state index in [9.17, 15) is 9.59 Å². The van der Waals surface area contributed by atoms with Crippen LogP contribution >= 0.6 is 0 Å². The molecule has 5 heteroatoms. The van der Waals surface area contributed by atoms with Gasteiger partial charge in [-0.1, -0.05) is 13.8 Å². The Bertz CT molecular complexity index is 385. The number of hydrogen-bond donors (Lipinski definition) is 2. The summed E-state index contributed by atoms with van der Waals surface area (Å²) >= 11 is 0. The number of carboxylic acid groups (broad SMARTS) is 1. The molecule has 1 aliphatic heterocycles. The molecule has 2 amide bonds. The molecule has 1 unspecified atom stereocenters. The van der Waals surface area contributed by atoms with Gasteiger partial charge in [-0.2, -0.15) is 0 Å². The highest BCUT2D eigenvalue weighted by Gasteiger charge is 2.31. The molecular formula is C16H28N2O3. The molecule has 5 nitrogen and oxygen atoms in total. The van der Waals surface area contributed by atoms with Gasteiger partial charge in [0.15, 0.2) is 0 Å². The van der Waals surface area contributed by atoms with Gasteiger partial charge in [0.2, 0.25) is 0 Å². The molecule has 0 radical (unpaired) electrons. The van der Waals surface area contributed by atoms with Crippen molar-refractivity contribution in [3.63, 3.8) is 0 Å². The molecule has 21 heavy (non-hydrogen) atoms. The molecule has 1 aliphatic carbocycles. The molecule has 1 saturated heterocycles. The topological polar surface area (TPSA) is 69.6 Å². The van der Waals surface area contributed by atoms with E-state index in [1.165, 1.54) is 12.8 Å². The van der Waals surface area contributed by atoms with Crippen molar-refractivity contribution in [3.8, 4) is 0 Å². The van der Waals surface area contributed by atoms with Gasteiger partial charge in [0, 0.05) is 25.6 Å². The Kier molecular flexibility index (Phi) is 5.12. The van der Waals surface area contributed by atoms with Crippen molar-refractivity contribution in [2.24, 2.45) is 11.3 Å². The van der Waals surface area contributed by atoms with E-state index in [0.29, 0.717) is 30.3 Å². The number of carbonyl (C=O) groups excluding carboxylic acids is 1. The number of rotatable bonds is 4. The molecule has 0 spiro atoms. The second kappa shape index (κ2) is 6.67. The van der Waals surface area contributed by atoms with Gasteiger partial charge in [0.05, 0.1) is 0 Å². The van der Waals surface area contributed by atoms with E-state index in [-0.39, 0.29) is 12.5 Å². The van der Waals surface area contributed by atoms with Gasteiger partial charge in [-0.15, -0.1) is 0 Å². The van der Waals surface area contributed by atoms with Gasteiger partial charge in [0.1, 0.15) is 0 Å². The molecule has 2 fully saturated rings. The Hall–Kier alpha value is -1.26. The molecule has 2 rings (SSSR count). The van der Waals surface area contributed by atoms with Crippen LogP contribution in [0.4, 0.5) is 4.79 Å². The Morgan fingerprint density at radius 1 is 1.24 bits per heavy atom. The third kappa shape index (κ3) is 4.90. The predicted octanol–water partition coefficient (Wildman–Crippen LogP) is 2.85. The number of carboxylic acids is 1. The van der Waals surface area contributed by atoms with E-state index in [4.69, 9.17) is 5.11 Å². The smallest absolute Gasteiger partial charge is 0.317 e. The summed E-state index contributed by atoms with van der Waals surface area (Å²) in [5, 5.41) is 11.9. The number of carbonyl (C=O) groups is 2. The van der Waals surface area contributed by atoms with Crippen molar-refractivity contribution in [2.45, 2.75) is 64.8 Å². The summed E-state index contributed by atoms with van der Waals surface area (Å²) in [6.45, 7) is 6.04. The van der Waals surface area contributed by atoms with Gasteiger partial charge >= 0.3 is 12.0 Å². The first-order chi connectivity index (χ1) is 9.85. The summed E-state index contributed by atoms with van der Waals surface area (Å²) in [5.41, 5.74) is 0.413. The van der Waals surface area contributed by atoms with Crippen LogP contribution in [-0.2, 0) is 4.79 Å². The third-order valence-corrected chi connectivity index (χ3v) is 5.01. The zero-order valence-electron chi connectivity index (χ0n) is 13.2. The minimum Gasteiger partial charge on any atom is -0.481 e. The molecule has 1 saturated carbocycles. The maximum absolute atomic E-state index is 12.3. The molecule has 0 aromatic heterocycles. The second-order valence-electron chi connectivity index (χ2n) is 7.42. The molecule has 1 atom stereocenters. The Morgan fingerprint density at radius 3 is 2.52 bits per heavy atom. The fraction of sp³-hybridized carbons (Fsp3) is 0.875. The summed E-state index contributed by atoms with van der Waals surface area (Å²) < 4.78 is 0. The third-order valence-electron chi connectivity index (χ3n) is 5.01. The summed E-state index contributed by atoms with van der Waals surface area (Å²) in [7, 11) is 0. The molecule has 0 aromatic rings. The summed E-state index contributed by atoms with van der Waals surface area (Å²) in [6.07, 6.45) is 6.27. The highest BCUT2D eigenvalue weighted by atomic mass is 16.4. The van der Waals surface area contributed by atoms with E-state index >= 15 is 0 Å². The fourth-order valence-corrected chi connectivity index (χ4v) is 3.39. The van der Waals surface area contributed by atoms with Crippen LogP contribution in [0, 0.1) is 11.3 Å². The molecule has 1 heterocycles. The van der Waals surface area contributed by atoms with E-state index < -0.39 is 5.97 Å². The van der Waals surface area contributed by atoms with Gasteiger partial charge < -0.3 is 15.3 Å². The first-order valence-electron chi connectivity index (χ1n) is 8.13. The van der Waals surface area contributed by atoms with Crippen LogP contribution < -0.4 is 5.32 Å². The molecule has 0 bridgehead atoms. The number of nitrogens with one attached hydrogen (secondary N) is 1. The van der Waals surface area contributed by atoms with E-state index in [1.54, 1.807) is 0 Å². The number of amides is 2. The molecule has 0 aromatic carbocycles. The van der Waals surface area contributed by atoms with Gasteiger partial charge in [-0.25, -0.2) is 4.79 Å². The molecule has 120 valence electrons. The van der Waals surface area contributed by atoms with Crippen molar-refractivity contribution < 1.29 is 14.7 Å². The van der Waals surface area contributed by atoms with Crippen molar-refractivity contribution in [1.29, 1.82) is 0 Å². The quantitative estimate of drug-likeness (QED) is 0.838. The Balaban J connectivity index is 1.71. The number of nitrogens with zero attached hydrogens (tertiary/aromatic N) is 1. The van der Waals surface area contributed by atoms with E-state index in [2.05, 4.69) is 19.2 Å². The summed E-state index contributed by atoms with van der Waals surface area (Å²) in [5.74, 6) is -0.403. The first kappa shape index (κ1) is 16.1. The first-order valence-corrected chi connectivity index (χ1v) is 8.13. The second-order valence-corrected chi connectivity index (χ2v) is 7.42. The molecular weight excluding hydrogens is 268 g/mol. The SMILES string of the molecule is CC1(C)CCC(NC(=O)N2CCC(CCC(=O)O)C2)CC1. The van der Waals surface area contributed by atoms with E-state index in [1.807, 2.05) is 4.90 Å². The van der Waals surface area contributed by atoms with Crippen LogP contribution in [0.2, 0.25) is 0 Å². The van der Waals surface area contributed by atoms with Gasteiger partial charge in [0.25, 0.3) is 0 Å². The summed E-state index contributed by atoms with van der Waals surface area (Å²) in [4.78, 5) is 24.7. The van der Waals surface area contributed by atoms with Crippen molar-refractivity contribution in [2.75, 3.05) is 13.1 Å². The van der Waals surface area contributed by atoms with Crippen LogP contribution in [0.5, 0.6) is 0 Å². The van der Waals surface area contributed by atoms with Gasteiger partial charge in [-0.05, 0) is 49.9 Å². The average Bonchev–Trinajstić information content (AvgIpc) is 2.88. The fourth-order valence-electron chi connectivity index (χ4n) is 3.39. The number of aliphatic carboxylic acids is 1. The lowest BCUT2D eigenvalue weighted by molar-refractivity contribution is -0.137. The van der Waals surface area contributed by atoms with Crippen LogP contribution in [0.1, 0.15) is 58.8 Å². The minimum atomic E-state index is -0.747. The Morgan fingerprint density at radius 2 is 1.90 bits per heavy atom. The number of hydrogen-bond acceptors (Lipinski definition) is 2. The minimum absolute atomic E-state index is 0.0394. The Labute approximate surface area is 127 Å². The maximum Gasteiger partial charge on any atom is 0.317 e. The van der Waals surface area contributed by atoms with Crippen molar-refractivity contribution in [1.82, 2.24) is 10.2 Å². The normalized spacial score (nSPS) is 25.8. The van der Waals surface area contributed by atoms with Crippen molar-refractivity contribution in [3.05, 3.63) is 0 Å². The van der Waals surface area contributed by atoms with Crippen LogP contribution in [-0.4, -0.2) is 41.1 Å². The highest BCUT2D eigenvalue weighted by molar-refractivity contribution is 5.74. The zero-order valence-corrected chi connectivity index (χ0v) is 13.2. The predicted molar refractivity (Wildman–Crippen MR) is 81.1 cm³/mol. The maximum atomic E-state index is 12.3. The van der Waals surface area contributed by atoms with Crippen LogP contribution in [0.3, 0.4) is 0 Å². The van der Waals surface area contributed by atoms with E-state index in [0.717, 1.165) is 25.8 Å². The molecule has 2 N–H and O–H groups in total. The lowest BCUT2D eigenvalue weighted by Crippen LogP contribution is -2.45.